The zero-order chi connectivity index (χ0) is 16.0. The average molecular weight is 322 g/mol. The molecule has 7 heteroatoms. The van der Waals surface area contributed by atoms with E-state index in [2.05, 4.69) is 4.72 Å². The summed E-state index contributed by atoms with van der Waals surface area (Å²) in [7, 11) is -1.84. The normalized spacial score (nSPS) is 11.3. The number of nitrogens with one attached hydrogen (secondary N) is 1. The molecular weight excluding hydrogens is 304 g/mol. The van der Waals surface area contributed by atoms with Gasteiger partial charge in [-0.3, -0.25) is 4.79 Å². The first-order chi connectivity index (χ1) is 10.5. The number of rotatable bonds is 7. The van der Waals surface area contributed by atoms with Crippen LogP contribution in [0, 0.1) is 0 Å². The van der Waals surface area contributed by atoms with Gasteiger partial charge in [0, 0.05) is 26.0 Å². The van der Waals surface area contributed by atoms with Crippen molar-refractivity contribution in [3.05, 3.63) is 54.4 Å². The summed E-state index contributed by atoms with van der Waals surface area (Å²) in [5.41, 5.74) is 0.890. The summed E-state index contributed by atoms with van der Waals surface area (Å²) >= 11 is 0. The highest BCUT2D eigenvalue weighted by Gasteiger charge is 2.15. The molecule has 0 aliphatic rings. The maximum absolute atomic E-state index is 11.9. The fourth-order valence-corrected chi connectivity index (χ4v) is 2.90. The molecule has 0 aliphatic heterocycles. The van der Waals surface area contributed by atoms with Crippen LogP contribution in [0.1, 0.15) is 12.0 Å². The standard InChI is InChI=1S/C15H18N2O4S/c1-17-10-8-14(11-17)22(19,20)16-9-7-15(18)21-12-13-5-3-2-4-6-13/h2-6,8,10-11,16H,7,9,12H2,1H3. The van der Waals surface area contributed by atoms with Crippen LogP contribution in [0.25, 0.3) is 0 Å². The molecule has 0 spiro atoms. The molecule has 0 fully saturated rings. The minimum atomic E-state index is -3.58. The van der Waals surface area contributed by atoms with E-state index in [9.17, 15) is 13.2 Å². The number of sulfonamides is 1. The van der Waals surface area contributed by atoms with Gasteiger partial charge >= 0.3 is 5.97 Å². The molecule has 0 saturated heterocycles. The van der Waals surface area contributed by atoms with Gasteiger partial charge in [-0.05, 0) is 11.6 Å². The fraction of sp³-hybridized carbons (Fsp3) is 0.267. The minimum absolute atomic E-state index is 0.00481. The van der Waals surface area contributed by atoms with Crippen molar-refractivity contribution in [2.75, 3.05) is 6.54 Å². The number of carbonyl (C=O) groups excluding carboxylic acids is 1. The topological polar surface area (TPSA) is 77.4 Å². The van der Waals surface area contributed by atoms with Crippen LogP contribution in [0.2, 0.25) is 0 Å². The zero-order valence-corrected chi connectivity index (χ0v) is 13.0. The SMILES string of the molecule is Cn1ccc(S(=O)(=O)NCCC(=O)OCc2ccccc2)c1. The summed E-state index contributed by atoms with van der Waals surface area (Å²) in [4.78, 5) is 11.8. The van der Waals surface area contributed by atoms with Crippen molar-refractivity contribution in [2.45, 2.75) is 17.9 Å². The van der Waals surface area contributed by atoms with Crippen molar-refractivity contribution in [1.29, 1.82) is 0 Å². The van der Waals surface area contributed by atoms with Crippen LogP contribution in [0.5, 0.6) is 0 Å². The Morgan fingerprint density at radius 1 is 1.23 bits per heavy atom. The molecule has 1 aromatic heterocycles. The molecule has 0 atom stereocenters. The van der Waals surface area contributed by atoms with Crippen LogP contribution >= 0.6 is 0 Å². The third-order valence-electron chi connectivity index (χ3n) is 2.98. The van der Waals surface area contributed by atoms with Gasteiger partial charge in [-0.1, -0.05) is 30.3 Å². The second kappa shape index (κ2) is 7.24. The van der Waals surface area contributed by atoms with Crippen LogP contribution in [0.4, 0.5) is 0 Å². The summed E-state index contributed by atoms with van der Waals surface area (Å²) in [5.74, 6) is -0.445. The second-order valence-corrected chi connectivity index (χ2v) is 6.57. The number of nitrogens with zero attached hydrogens (tertiary/aromatic N) is 1. The predicted molar refractivity (Wildman–Crippen MR) is 81.5 cm³/mol. The first-order valence-electron chi connectivity index (χ1n) is 6.78. The van der Waals surface area contributed by atoms with Crippen molar-refractivity contribution in [1.82, 2.24) is 9.29 Å². The van der Waals surface area contributed by atoms with Crippen LogP contribution in [0.3, 0.4) is 0 Å². The largest absolute Gasteiger partial charge is 0.461 e. The lowest BCUT2D eigenvalue weighted by molar-refractivity contribution is -0.144. The van der Waals surface area contributed by atoms with Crippen LogP contribution in [-0.4, -0.2) is 25.5 Å². The maximum Gasteiger partial charge on any atom is 0.307 e. The first-order valence-corrected chi connectivity index (χ1v) is 8.27. The van der Waals surface area contributed by atoms with E-state index in [-0.39, 0.29) is 24.5 Å². The van der Waals surface area contributed by atoms with Crippen molar-refractivity contribution in [2.24, 2.45) is 7.05 Å². The molecule has 1 aromatic carbocycles. The third kappa shape index (κ3) is 4.71. The average Bonchev–Trinajstić information content (AvgIpc) is 2.93. The Morgan fingerprint density at radius 3 is 2.59 bits per heavy atom. The molecule has 0 bridgehead atoms. The molecule has 22 heavy (non-hydrogen) atoms. The molecule has 0 amide bonds. The molecule has 6 nitrogen and oxygen atoms in total. The van der Waals surface area contributed by atoms with Gasteiger partial charge in [0.15, 0.2) is 0 Å². The van der Waals surface area contributed by atoms with Crippen molar-refractivity contribution in [3.63, 3.8) is 0 Å². The van der Waals surface area contributed by atoms with Gasteiger partial charge in [0.1, 0.15) is 6.61 Å². The number of aryl methyl sites for hydroxylation is 1. The number of aromatic nitrogens is 1. The van der Waals surface area contributed by atoms with E-state index >= 15 is 0 Å². The Labute approximate surface area is 129 Å². The molecule has 1 heterocycles. The van der Waals surface area contributed by atoms with E-state index in [1.54, 1.807) is 17.8 Å². The van der Waals surface area contributed by atoms with E-state index in [0.717, 1.165) is 5.56 Å². The van der Waals surface area contributed by atoms with Gasteiger partial charge in [-0.25, -0.2) is 13.1 Å². The lowest BCUT2D eigenvalue weighted by Gasteiger charge is -2.06. The van der Waals surface area contributed by atoms with Crippen molar-refractivity contribution >= 4 is 16.0 Å². The minimum Gasteiger partial charge on any atom is -0.461 e. The molecule has 1 N–H and O–H groups in total. The summed E-state index contributed by atoms with van der Waals surface area (Å²) in [6.07, 6.45) is 3.12. The van der Waals surface area contributed by atoms with Gasteiger partial charge in [-0.15, -0.1) is 0 Å². The third-order valence-corrected chi connectivity index (χ3v) is 4.43. The number of hydrogen-bond acceptors (Lipinski definition) is 4. The van der Waals surface area contributed by atoms with Crippen LogP contribution < -0.4 is 4.72 Å². The second-order valence-electron chi connectivity index (χ2n) is 4.81. The fourth-order valence-electron chi connectivity index (χ4n) is 1.82. The highest BCUT2D eigenvalue weighted by atomic mass is 32.2. The molecule has 2 aromatic rings. The molecular formula is C15H18N2O4S. The molecule has 118 valence electrons. The Kier molecular flexibility index (Phi) is 5.35. The maximum atomic E-state index is 11.9. The highest BCUT2D eigenvalue weighted by molar-refractivity contribution is 7.89. The summed E-state index contributed by atoms with van der Waals surface area (Å²) in [6.45, 7) is 0.190. The monoisotopic (exact) mass is 322 g/mol. The number of ether oxygens (including phenoxy) is 1. The molecule has 0 unspecified atom stereocenters. The number of hydrogen-bond donors (Lipinski definition) is 1. The first kappa shape index (κ1) is 16.3. The van der Waals surface area contributed by atoms with Crippen LogP contribution in [0.15, 0.2) is 53.7 Å². The van der Waals surface area contributed by atoms with Gasteiger partial charge in [0.2, 0.25) is 10.0 Å². The van der Waals surface area contributed by atoms with Crippen molar-refractivity contribution in [3.8, 4) is 0 Å². The summed E-state index contributed by atoms with van der Waals surface area (Å²) < 4.78 is 33.0. The number of esters is 1. The smallest absolute Gasteiger partial charge is 0.307 e. The zero-order valence-electron chi connectivity index (χ0n) is 12.2. The number of benzene rings is 1. The molecule has 0 radical (unpaired) electrons. The Hall–Kier alpha value is -2.12. The van der Waals surface area contributed by atoms with Gasteiger partial charge in [0.25, 0.3) is 0 Å². The Bertz CT molecular complexity index is 723. The lowest BCUT2D eigenvalue weighted by Crippen LogP contribution is -2.26. The van der Waals surface area contributed by atoms with Crippen LogP contribution in [-0.2, 0) is 33.2 Å². The van der Waals surface area contributed by atoms with E-state index in [0.29, 0.717) is 0 Å². The Balaban J connectivity index is 1.75. The molecule has 2 rings (SSSR count). The van der Waals surface area contributed by atoms with Crippen molar-refractivity contribution < 1.29 is 17.9 Å². The molecule has 0 saturated carbocycles. The van der Waals surface area contributed by atoms with E-state index in [1.165, 1.54) is 12.3 Å². The van der Waals surface area contributed by atoms with Gasteiger partial charge in [0.05, 0.1) is 11.3 Å². The van der Waals surface area contributed by atoms with E-state index in [4.69, 9.17) is 4.74 Å². The quantitative estimate of drug-likeness (QED) is 0.783. The van der Waals surface area contributed by atoms with E-state index < -0.39 is 16.0 Å². The van der Waals surface area contributed by atoms with Gasteiger partial charge < -0.3 is 9.30 Å². The Morgan fingerprint density at radius 2 is 1.95 bits per heavy atom. The lowest BCUT2D eigenvalue weighted by atomic mass is 10.2. The number of carbonyl (C=O) groups is 1. The predicted octanol–water partition coefficient (Wildman–Crippen LogP) is 1.44. The summed E-state index contributed by atoms with van der Waals surface area (Å²) in [6, 6.07) is 10.8. The summed E-state index contributed by atoms with van der Waals surface area (Å²) in [5, 5.41) is 0. The van der Waals surface area contributed by atoms with E-state index in [1.807, 2.05) is 30.3 Å². The highest BCUT2D eigenvalue weighted by Crippen LogP contribution is 2.08. The van der Waals surface area contributed by atoms with Gasteiger partial charge in [-0.2, -0.15) is 0 Å². The molecule has 0 aliphatic carbocycles.